The molecule has 1 aliphatic carbocycles. The van der Waals surface area contributed by atoms with Gasteiger partial charge in [-0.1, -0.05) is 6.42 Å². The van der Waals surface area contributed by atoms with Crippen molar-refractivity contribution in [2.45, 2.75) is 38.4 Å². The van der Waals surface area contributed by atoms with Crippen LogP contribution in [0.2, 0.25) is 0 Å². The molecule has 1 aliphatic rings. The van der Waals surface area contributed by atoms with Crippen LogP contribution in [0.25, 0.3) is 0 Å². The maximum atomic E-state index is 12.4. The van der Waals surface area contributed by atoms with E-state index >= 15 is 0 Å². The predicted molar refractivity (Wildman–Crippen MR) is 62.3 cm³/mol. The molecule has 0 aliphatic heterocycles. The van der Waals surface area contributed by atoms with Gasteiger partial charge in [0.25, 0.3) is 0 Å². The number of aromatic nitrogens is 2. The minimum atomic E-state index is -4.48. The molecular weight excluding hydrogens is 259 g/mol. The van der Waals surface area contributed by atoms with Crippen molar-refractivity contribution in [3.05, 3.63) is 18.0 Å². The van der Waals surface area contributed by atoms with Crippen LogP contribution in [0, 0.1) is 5.92 Å². The van der Waals surface area contributed by atoms with E-state index in [0.717, 1.165) is 23.6 Å². The molecule has 0 aromatic carbocycles. The van der Waals surface area contributed by atoms with E-state index in [0.29, 0.717) is 12.5 Å². The normalized spacial score (nSPS) is 17.9. The lowest BCUT2D eigenvalue weighted by molar-refractivity contribution is -0.142. The van der Waals surface area contributed by atoms with Crippen LogP contribution < -0.4 is 5.32 Å². The number of amides is 1. The number of carbonyl (C=O) groups excluding carboxylic acids is 1. The molecule has 1 amide bonds. The predicted octanol–water partition coefficient (Wildman–Crippen LogP) is 2.38. The number of nitrogens with one attached hydrogen (secondary N) is 1. The average Bonchev–Trinajstić information content (AvgIpc) is 2.74. The molecule has 1 saturated carbocycles. The molecular formula is C12H16F3N3O. The fourth-order valence-electron chi connectivity index (χ4n) is 1.91. The first kappa shape index (κ1) is 13.9. The number of hydrogen-bond acceptors (Lipinski definition) is 2. The lowest BCUT2D eigenvalue weighted by Crippen LogP contribution is -2.36. The monoisotopic (exact) mass is 275 g/mol. The van der Waals surface area contributed by atoms with Gasteiger partial charge < -0.3 is 5.32 Å². The van der Waals surface area contributed by atoms with E-state index in [2.05, 4.69) is 10.4 Å². The van der Waals surface area contributed by atoms with Gasteiger partial charge in [-0.05, 0) is 31.7 Å². The summed E-state index contributed by atoms with van der Waals surface area (Å²) in [4.78, 5) is 11.8. The van der Waals surface area contributed by atoms with Crippen molar-refractivity contribution in [3.63, 3.8) is 0 Å². The van der Waals surface area contributed by atoms with E-state index in [9.17, 15) is 18.0 Å². The Morgan fingerprint density at radius 3 is 2.74 bits per heavy atom. The van der Waals surface area contributed by atoms with Crippen LogP contribution in [0.5, 0.6) is 0 Å². The Hall–Kier alpha value is -1.53. The van der Waals surface area contributed by atoms with Gasteiger partial charge in [-0.3, -0.25) is 9.48 Å². The summed E-state index contributed by atoms with van der Waals surface area (Å²) in [5, 5.41) is 6.14. The Morgan fingerprint density at radius 2 is 2.26 bits per heavy atom. The second-order valence-corrected chi connectivity index (χ2v) is 4.90. The fraction of sp³-hybridized carbons (Fsp3) is 0.667. The molecule has 7 heteroatoms. The summed E-state index contributed by atoms with van der Waals surface area (Å²) in [6.45, 7) is 2.12. The van der Waals surface area contributed by atoms with Gasteiger partial charge in [-0.2, -0.15) is 18.3 Å². The lowest BCUT2D eigenvalue weighted by Gasteiger charge is -2.26. The summed E-state index contributed by atoms with van der Waals surface area (Å²) in [5.41, 5.74) is -0.980. The standard InChI is InChI=1S/C12H16F3N3O/c1-8(11(19)16-7-9-3-2-4-9)18-6-5-10(17-18)12(13,14)15/h5-6,8-9H,2-4,7H2,1H3,(H,16,19). The number of halogens is 3. The van der Waals surface area contributed by atoms with Crippen molar-refractivity contribution >= 4 is 5.91 Å². The zero-order chi connectivity index (χ0) is 14.0. The Bertz CT molecular complexity index is 451. The molecule has 4 nitrogen and oxygen atoms in total. The van der Waals surface area contributed by atoms with Crippen molar-refractivity contribution in [1.29, 1.82) is 0 Å². The summed E-state index contributed by atoms with van der Waals surface area (Å²) >= 11 is 0. The highest BCUT2D eigenvalue weighted by Gasteiger charge is 2.34. The lowest BCUT2D eigenvalue weighted by atomic mass is 9.85. The average molecular weight is 275 g/mol. The first-order valence-corrected chi connectivity index (χ1v) is 6.28. The first-order chi connectivity index (χ1) is 8.88. The Labute approximate surface area is 109 Å². The maximum absolute atomic E-state index is 12.4. The molecule has 1 fully saturated rings. The Morgan fingerprint density at radius 1 is 1.58 bits per heavy atom. The number of hydrogen-bond donors (Lipinski definition) is 1. The van der Waals surface area contributed by atoms with Gasteiger partial charge in [0.1, 0.15) is 6.04 Å². The molecule has 106 valence electrons. The summed E-state index contributed by atoms with van der Waals surface area (Å²) < 4.78 is 38.2. The highest BCUT2D eigenvalue weighted by atomic mass is 19.4. The van der Waals surface area contributed by atoms with Gasteiger partial charge in [0.05, 0.1) is 0 Å². The molecule has 1 aromatic rings. The third-order valence-corrected chi connectivity index (χ3v) is 3.46. The zero-order valence-electron chi connectivity index (χ0n) is 10.6. The van der Waals surface area contributed by atoms with Gasteiger partial charge in [0, 0.05) is 12.7 Å². The van der Waals surface area contributed by atoms with E-state index in [1.165, 1.54) is 19.5 Å². The smallest absolute Gasteiger partial charge is 0.354 e. The van der Waals surface area contributed by atoms with Gasteiger partial charge in [-0.25, -0.2) is 0 Å². The van der Waals surface area contributed by atoms with Crippen molar-refractivity contribution in [1.82, 2.24) is 15.1 Å². The molecule has 0 bridgehead atoms. The largest absolute Gasteiger partial charge is 0.435 e. The van der Waals surface area contributed by atoms with Gasteiger partial charge in [0.15, 0.2) is 5.69 Å². The summed E-state index contributed by atoms with van der Waals surface area (Å²) in [5.74, 6) is 0.211. The molecule has 1 atom stereocenters. The second-order valence-electron chi connectivity index (χ2n) is 4.90. The Kier molecular flexibility index (Phi) is 3.82. The molecule has 1 heterocycles. The van der Waals surface area contributed by atoms with E-state index in [4.69, 9.17) is 0 Å². The highest BCUT2D eigenvalue weighted by molar-refractivity contribution is 5.79. The first-order valence-electron chi connectivity index (χ1n) is 6.28. The van der Waals surface area contributed by atoms with E-state index < -0.39 is 17.9 Å². The zero-order valence-corrected chi connectivity index (χ0v) is 10.6. The van der Waals surface area contributed by atoms with Crippen LogP contribution in [0.1, 0.15) is 37.9 Å². The van der Waals surface area contributed by atoms with E-state index in [1.54, 1.807) is 0 Å². The van der Waals surface area contributed by atoms with E-state index in [1.807, 2.05) is 0 Å². The molecule has 1 unspecified atom stereocenters. The van der Waals surface area contributed by atoms with Crippen molar-refractivity contribution in [2.24, 2.45) is 5.92 Å². The molecule has 19 heavy (non-hydrogen) atoms. The van der Waals surface area contributed by atoms with Crippen LogP contribution in [0.4, 0.5) is 13.2 Å². The third kappa shape index (κ3) is 3.27. The number of nitrogens with zero attached hydrogens (tertiary/aromatic N) is 2. The minimum absolute atomic E-state index is 0.302. The SMILES string of the molecule is CC(C(=O)NCC1CCC1)n1ccc(C(F)(F)F)n1. The van der Waals surface area contributed by atoms with Crippen LogP contribution in [-0.2, 0) is 11.0 Å². The van der Waals surface area contributed by atoms with Crippen LogP contribution in [0.15, 0.2) is 12.3 Å². The Balaban J connectivity index is 1.92. The van der Waals surface area contributed by atoms with E-state index in [-0.39, 0.29) is 5.91 Å². The summed E-state index contributed by atoms with van der Waals surface area (Å²) in [6, 6.07) is 0.131. The number of rotatable bonds is 4. The quantitative estimate of drug-likeness (QED) is 0.917. The summed E-state index contributed by atoms with van der Waals surface area (Å²) in [7, 11) is 0. The summed E-state index contributed by atoms with van der Waals surface area (Å²) in [6.07, 6.45) is 0.0945. The van der Waals surface area contributed by atoms with Crippen molar-refractivity contribution in [2.75, 3.05) is 6.54 Å². The van der Waals surface area contributed by atoms with Crippen LogP contribution >= 0.6 is 0 Å². The topological polar surface area (TPSA) is 46.9 Å². The molecule has 0 spiro atoms. The van der Waals surface area contributed by atoms with Gasteiger partial charge in [0.2, 0.25) is 5.91 Å². The molecule has 1 aromatic heterocycles. The highest BCUT2D eigenvalue weighted by Crippen LogP contribution is 2.28. The molecule has 0 saturated heterocycles. The van der Waals surface area contributed by atoms with Gasteiger partial charge >= 0.3 is 6.18 Å². The maximum Gasteiger partial charge on any atom is 0.435 e. The number of alkyl halides is 3. The molecule has 2 rings (SSSR count). The molecule has 0 radical (unpaired) electrons. The third-order valence-electron chi connectivity index (χ3n) is 3.46. The number of carbonyl (C=O) groups is 1. The fourth-order valence-corrected chi connectivity index (χ4v) is 1.91. The van der Waals surface area contributed by atoms with Crippen molar-refractivity contribution in [3.8, 4) is 0 Å². The second kappa shape index (κ2) is 5.22. The van der Waals surface area contributed by atoms with Crippen molar-refractivity contribution < 1.29 is 18.0 Å². The van der Waals surface area contributed by atoms with Gasteiger partial charge in [-0.15, -0.1) is 0 Å². The van der Waals surface area contributed by atoms with Crippen LogP contribution in [-0.4, -0.2) is 22.2 Å². The molecule has 1 N–H and O–H groups in total. The minimum Gasteiger partial charge on any atom is -0.354 e. The van der Waals surface area contributed by atoms with Crippen LogP contribution in [0.3, 0.4) is 0 Å².